The van der Waals surface area contributed by atoms with Crippen LogP contribution in [0.3, 0.4) is 0 Å². The van der Waals surface area contributed by atoms with Gasteiger partial charge < -0.3 is 24.8 Å². The van der Waals surface area contributed by atoms with Crippen molar-refractivity contribution in [3.8, 4) is 0 Å². The van der Waals surface area contributed by atoms with Gasteiger partial charge in [0, 0.05) is 40.5 Å². The van der Waals surface area contributed by atoms with Crippen LogP contribution in [0.15, 0.2) is 12.3 Å². The van der Waals surface area contributed by atoms with E-state index >= 15 is 0 Å². The van der Waals surface area contributed by atoms with Crippen LogP contribution >= 0.6 is 0 Å². The van der Waals surface area contributed by atoms with E-state index < -0.39 is 0 Å². The third-order valence-electron chi connectivity index (χ3n) is 5.45. The number of aromatic nitrogens is 1. The Morgan fingerprint density at radius 1 is 1.41 bits per heavy atom. The van der Waals surface area contributed by atoms with Crippen molar-refractivity contribution in [2.75, 3.05) is 70.8 Å². The van der Waals surface area contributed by atoms with Crippen molar-refractivity contribution < 1.29 is 14.3 Å². The number of piperidine rings is 1. The molecule has 1 N–H and O–H groups in total. The average Bonchev–Trinajstić information content (AvgIpc) is 2.69. The van der Waals surface area contributed by atoms with Gasteiger partial charge in [0.1, 0.15) is 5.82 Å². The first-order valence-corrected chi connectivity index (χ1v) is 9.47. The lowest BCUT2D eigenvalue weighted by atomic mass is 9.96. The number of hydrogen-bond acceptors (Lipinski definition) is 6. The lowest BCUT2D eigenvalue weighted by molar-refractivity contribution is -0.116. The van der Waals surface area contributed by atoms with E-state index in [0.717, 1.165) is 45.6 Å². The number of carbonyl (C=O) groups excluding carboxylic acids is 2. The molecule has 1 aromatic heterocycles. The summed E-state index contributed by atoms with van der Waals surface area (Å²) in [4.78, 5) is 34.7. The maximum absolute atomic E-state index is 12.8. The van der Waals surface area contributed by atoms with Gasteiger partial charge in [-0.3, -0.25) is 9.59 Å². The van der Waals surface area contributed by atoms with Crippen molar-refractivity contribution in [1.29, 1.82) is 0 Å². The monoisotopic (exact) mass is 375 g/mol. The number of likely N-dealkylation sites (N-methyl/N-ethyl adjacent to an activating group) is 1. The van der Waals surface area contributed by atoms with E-state index in [0.29, 0.717) is 23.0 Å². The summed E-state index contributed by atoms with van der Waals surface area (Å²) in [6, 6.07) is 1.75. The first-order chi connectivity index (χ1) is 13.0. The lowest BCUT2D eigenvalue weighted by Gasteiger charge is -2.33. The fourth-order valence-corrected chi connectivity index (χ4v) is 3.68. The molecule has 1 fully saturated rings. The SMILES string of the molecule is COCCN1CCC(CN(C)C(=O)c2cnc3c(c2)N(C)C(=O)CN3)CC1. The molecule has 27 heavy (non-hydrogen) atoms. The zero-order chi connectivity index (χ0) is 19.4. The van der Waals surface area contributed by atoms with Crippen LogP contribution in [0.1, 0.15) is 23.2 Å². The van der Waals surface area contributed by atoms with Gasteiger partial charge in [0.2, 0.25) is 5.91 Å². The quantitative estimate of drug-likeness (QED) is 0.796. The molecule has 8 heteroatoms. The molecule has 0 saturated carbocycles. The Bertz CT molecular complexity index is 688. The van der Waals surface area contributed by atoms with Crippen LogP contribution in [-0.4, -0.2) is 87.1 Å². The topological polar surface area (TPSA) is 78.0 Å². The average molecular weight is 375 g/mol. The number of ether oxygens (including phenoxy) is 1. The van der Waals surface area contributed by atoms with Crippen molar-refractivity contribution in [2.24, 2.45) is 5.92 Å². The maximum Gasteiger partial charge on any atom is 0.255 e. The van der Waals surface area contributed by atoms with Gasteiger partial charge in [0.05, 0.1) is 24.4 Å². The molecule has 1 saturated heterocycles. The highest BCUT2D eigenvalue weighted by molar-refractivity contribution is 6.03. The minimum Gasteiger partial charge on any atom is -0.383 e. The van der Waals surface area contributed by atoms with Gasteiger partial charge >= 0.3 is 0 Å². The largest absolute Gasteiger partial charge is 0.383 e. The molecule has 2 aliphatic rings. The van der Waals surface area contributed by atoms with Gasteiger partial charge in [0.25, 0.3) is 5.91 Å². The van der Waals surface area contributed by atoms with Crippen LogP contribution in [0.5, 0.6) is 0 Å². The summed E-state index contributed by atoms with van der Waals surface area (Å²) in [7, 11) is 5.28. The standard InChI is InChI=1S/C19H29N5O3/c1-22(13-14-4-6-24(7-5-14)8-9-27-3)19(26)15-10-16-18(20-11-15)21-12-17(25)23(16)2/h10-11,14H,4-9,12-13H2,1-3H3,(H,20,21). The Balaban J connectivity index is 1.57. The van der Waals surface area contributed by atoms with Gasteiger partial charge in [-0.2, -0.15) is 0 Å². The number of amides is 2. The predicted molar refractivity (Wildman–Crippen MR) is 104 cm³/mol. The minimum atomic E-state index is -0.0569. The number of hydrogen-bond donors (Lipinski definition) is 1. The highest BCUT2D eigenvalue weighted by atomic mass is 16.5. The van der Waals surface area contributed by atoms with Crippen LogP contribution in [0.25, 0.3) is 0 Å². The number of likely N-dealkylation sites (tertiary alicyclic amines) is 1. The summed E-state index contributed by atoms with van der Waals surface area (Å²) >= 11 is 0. The Morgan fingerprint density at radius 2 is 2.15 bits per heavy atom. The zero-order valence-corrected chi connectivity index (χ0v) is 16.4. The molecule has 2 amide bonds. The molecule has 1 aromatic rings. The Labute approximate surface area is 160 Å². The number of rotatable bonds is 6. The highest BCUT2D eigenvalue weighted by Gasteiger charge is 2.25. The number of pyridine rings is 1. The summed E-state index contributed by atoms with van der Waals surface area (Å²) in [6.07, 6.45) is 3.76. The summed E-state index contributed by atoms with van der Waals surface area (Å²) in [6.45, 7) is 4.80. The summed E-state index contributed by atoms with van der Waals surface area (Å²) in [5, 5.41) is 2.98. The summed E-state index contributed by atoms with van der Waals surface area (Å²) < 4.78 is 5.14. The fraction of sp³-hybridized carbons (Fsp3) is 0.632. The molecule has 3 heterocycles. The van der Waals surface area contributed by atoms with E-state index in [2.05, 4.69) is 15.2 Å². The molecular formula is C19H29N5O3. The second-order valence-electron chi connectivity index (χ2n) is 7.36. The molecule has 3 rings (SSSR count). The molecule has 8 nitrogen and oxygen atoms in total. The third kappa shape index (κ3) is 4.56. The molecule has 0 bridgehead atoms. The van der Waals surface area contributed by atoms with Crippen molar-refractivity contribution >= 4 is 23.3 Å². The van der Waals surface area contributed by atoms with Crippen LogP contribution in [0.4, 0.5) is 11.5 Å². The molecule has 0 atom stereocenters. The summed E-state index contributed by atoms with van der Waals surface area (Å²) in [5.74, 6) is 1.05. The molecule has 0 spiro atoms. The van der Waals surface area contributed by atoms with Gasteiger partial charge in [-0.05, 0) is 37.9 Å². The van der Waals surface area contributed by atoms with Crippen LogP contribution < -0.4 is 10.2 Å². The number of methoxy groups -OCH3 is 1. The van der Waals surface area contributed by atoms with Crippen LogP contribution in [-0.2, 0) is 9.53 Å². The molecule has 2 aliphatic heterocycles. The maximum atomic E-state index is 12.8. The third-order valence-corrected chi connectivity index (χ3v) is 5.45. The first kappa shape index (κ1) is 19.6. The zero-order valence-electron chi connectivity index (χ0n) is 16.4. The molecular weight excluding hydrogens is 346 g/mol. The molecule has 0 unspecified atom stereocenters. The Morgan fingerprint density at radius 3 is 2.85 bits per heavy atom. The molecule has 0 radical (unpaired) electrons. The van der Waals surface area contributed by atoms with E-state index in [-0.39, 0.29) is 18.4 Å². The van der Waals surface area contributed by atoms with Crippen molar-refractivity contribution in [1.82, 2.24) is 14.8 Å². The Kier molecular flexibility index (Phi) is 6.28. The molecule has 148 valence electrons. The number of anilines is 2. The van der Waals surface area contributed by atoms with E-state index in [1.165, 1.54) is 0 Å². The predicted octanol–water partition coefficient (Wildman–Crippen LogP) is 0.900. The fourth-order valence-electron chi connectivity index (χ4n) is 3.68. The second-order valence-corrected chi connectivity index (χ2v) is 7.36. The van der Waals surface area contributed by atoms with E-state index in [9.17, 15) is 9.59 Å². The number of nitrogens with zero attached hydrogens (tertiary/aromatic N) is 4. The van der Waals surface area contributed by atoms with Crippen LogP contribution in [0.2, 0.25) is 0 Å². The van der Waals surface area contributed by atoms with Gasteiger partial charge in [-0.1, -0.05) is 0 Å². The van der Waals surface area contributed by atoms with Gasteiger partial charge in [-0.15, -0.1) is 0 Å². The first-order valence-electron chi connectivity index (χ1n) is 9.47. The summed E-state index contributed by atoms with van der Waals surface area (Å²) in [5.41, 5.74) is 1.16. The normalized spacial score (nSPS) is 18.2. The van der Waals surface area contributed by atoms with Crippen molar-refractivity contribution in [2.45, 2.75) is 12.8 Å². The van der Waals surface area contributed by atoms with Gasteiger partial charge in [-0.25, -0.2) is 4.98 Å². The minimum absolute atomic E-state index is 0.0394. The van der Waals surface area contributed by atoms with Gasteiger partial charge in [0.15, 0.2) is 0 Å². The number of carbonyl (C=O) groups is 2. The smallest absolute Gasteiger partial charge is 0.255 e. The van der Waals surface area contributed by atoms with Crippen LogP contribution in [0, 0.1) is 5.92 Å². The molecule has 0 aromatic carbocycles. The van der Waals surface area contributed by atoms with E-state index in [1.807, 2.05) is 7.05 Å². The van der Waals surface area contributed by atoms with E-state index in [4.69, 9.17) is 4.74 Å². The molecule has 0 aliphatic carbocycles. The number of nitrogens with one attached hydrogen (secondary N) is 1. The Hall–Kier alpha value is -2.19. The highest BCUT2D eigenvalue weighted by Crippen LogP contribution is 2.27. The van der Waals surface area contributed by atoms with Crippen molar-refractivity contribution in [3.05, 3.63) is 17.8 Å². The van der Waals surface area contributed by atoms with Crippen molar-refractivity contribution in [3.63, 3.8) is 0 Å². The van der Waals surface area contributed by atoms with E-state index in [1.54, 1.807) is 36.2 Å². The number of fused-ring (bicyclic) bond motifs is 1. The lowest BCUT2D eigenvalue weighted by Crippen LogP contribution is -2.40. The second kappa shape index (κ2) is 8.67.